The van der Waals surface area contributed by atoms with Crippen molar-refractivity contribution in [2.75, 3.05) is 0 Å². The van der Waals surface area contributed by atoms with Gasteiger partial charge in [-0.05, 0) is 25.1 Å². The van der Waals surface area contributed by atoms with E-state index in [4.69, 9.17) is 4.43 Å². The molecule has 0 N–H and O–H groups in total. The zero-order valence-electron chi connectivity index (χ0n) is 13.0. The molecule has 0 heterocycles. The molecule has 1 unspecified atom stereocenters. The van der Waals surface area contributed by atoms with Crippen molar-refractivity contribution < 1.29 is 9.22 Å². The molecule has 0 radical (unpaired) electrons. The molecule has 0 bridgehead atoms. The van der Waals surface area contributed by atoms with Crippen LogP contribution in [0.2, 0.25) is 37.8 Å². The Hall–Kier alpha value is -0.196. The van der Waals surface area contributed by atoms with Crippen LogP contribution in [0.15, 0.2) is 11.8 Å². The first-order chi connectivity index (χ1) is 8.28. The van der Waals surface area contributed by atoms with E-state index in [1.165, 1.54) is 6.04 Å². The molecule has 0 aliphatic heterocycles. The van der Waals surface area contributed by atoms with Gasteiger partial charge in [0.25, 0.3) is 0 Å². The fraction of sp³-hybridized carbons (Fsp3) is 0.786. The first-order valence-corrected chi connectivity index (χ1v) is 13.2. The SMILES string of the molecule is CC[Si](/C=C/C[Si](C)(C)C)(CC)OC(C)CC=O. The number of carbonyl (C=O) groups excluding carboxylic acids is 1. The smallest absolute Gasteiger partial charge is 0.216 e. The number of aldehydes is 1. The van der Waals surface area contributed by atoms with Crippen LogP contribution in [0.3, 0.4) is 0 Å². The van der Waals surface area contributed by atoms with E-state index in [1.54, 1.807) is 0 Å². The predicted octanol–water partition coefficient (Wildman–Crippen LogP) is 4.40. The lowest BCUT2D eigenvalue weighted by Gasteiger charge is -2.29. The van der Waals surface area contributed by atoms with Gasteiger partial charge in [0.15, 0.2) is 0 Å². The summed E-state index contributed by atoms with van der Waals surface area (Å²) in [4.78, 5) is 10.5. The van der Waals surface area contributed by atoms with Crippen LogP contribution in [0.1, 0.15) is 27.2 Å². The summed E-state index contributed by atoms with van der Waals surface area (Å²) in [6.45, 7) is 13.6. The van der Waals surface area contributed by atoms with E-state index < -0.39 is 16.4 Å². The van der Waals surface area contributed by atoms with Gasteiger partial charge in [-0.25, -0.2) is 0 Å². The van der Waals surface area contributed by atoms with Crippen LogP contribution in [0, 0.1) is 0 Å². The van der Waals surface area contributed by atoms with Crippen molar-refractivity contribution in [1.82, 2.24) is 0 Å². The summed E-state index contributed by atoms with van der Waals surface area (Å²) in [5.41, 5.74) is 2.37. The molecule has 4 heteroatoms. The molecule has 2 nitrogen and oxygen atoms in total. The van der Waals surface area contributed by atoms with E-state index in [2.05, 4.69) is 45.3 Å². The Morgan fingerprint density at radius 2 is 1.72 bits per heavy atom. The van der Waals surface area contributed by atoms with Crippen LogP contribution >= 0.6 is 0 Å². The second-order valence-corrected chi connectivity index (χ2v) is 15.9. The predicted molar refractivity (Wildman–Crippen MR) is 85.2 cm³/mol. The van der Waals surface area contributed by atoms with Crippen LogP contribution in [0.25, 0.3) is 0 Å². The molecule has 106 valence electrons. The zero-order chi connectivity index (χ0) is 14.2. The van der Waals surface area contributed by atoms with Crippen molar-refractivity contribution in [3.05, 3.63) is 11.8 Å². The molecule has 0 aliphatic rings. The van der Waals surface area contributed by atoms with Gasteiger partial charge in [-0.3, -0.25) is 0 Å². The minimum atomic E-state index is -1.76. The Morgan fingerprint density at radius 3 is 2.11 bits per heavy atom. The highest BCUT2D eigenvalue weighted by Gasteiger charge is 2.30. The zero-order valence-corrected chi connectivity index (χ0v) is 15.0. The van der Waals surface area contributed by atoms with Gasteiger partial charge < -0.3 is 9.22 Å². The molecular formula is C14H30O2Si2. The van der Waals surface area contributed by atoms with Crippen LogP contribution in [0.5, 0.6) is 0 Å². The van der Waals surface area contributed by atoms with Crippen molar-refractivity contribution in [2.24, 2.45) is 0 Å². The number of carbonyl (C=O) groups is 1. The minimum absolute atomic E-state index is 0.0607. The molecule has 0 amide bonds. The molecule has 0 fully saturated rings. The highest BCUT2D eigenvalue weighted by Crippen LogP contribution is 2.22. The summed E-state index contributed by atoms with van der Waals surface area (Å²) in [6.07, 6.45) is 3.88. The Morgan fingerprint density at radius 1 is 1.17 bits per heavy atom. The average Bonchev–Trinajstić information content (AvgIpc) is 2.26. The van der Waals surface area contributed by atoms with Gasteiger partial charge in [-0.2, -0.15) is 0 Å². The maximum absolute atomic E-state index is 10.5. The fourth-order valence-electron chi connectivity index (χ4n) is 1.90. The fourth-order valence-corrected chi connectivity index (χ4v) is 5.79. The van der Waals surface area contributed by atoms with Gasteiger partial charge in [-0.15, -0.1) is 0 Å². The molecule has 0 saturated heterocycles. The molecule has 0 aromatic carbocycles. The van der Waals surface area contributed by atoms with Gasteiger partial charge in [0, 0.05) is 20.6 Å². The molecule has 0 aliphatic carbocycles. The maximum Gasteiger partial charge on any atom is 0.216 e. The topological polar surface area (TPSA) is 26.3 Å². The summed E-state index contributed by atoms with van der Waals surface area (Å²) < 4.78 is 6.23. The lowest BCUT2D eigenvalue weighted by atomic mass is 10.3. The minimum Gasteiger partial charge on any atom is -0.410 e. The number of hydrogen-bond acceptors (Lipinski definition) is 2. The summed E-state index contributed by atoms with van der Waals surface area (Å²) >= 11 is 0. The van der Waals surface area contributed by atoms with Gasteiger partial charge >= 0.3 is 0 Å². The van der Waals surface area contributed by atoms with Crippen molar-refractivity contribution in [2.45, 2.75) is 71.1 Å². The van der Waals surface area contributed by atoms with Crippen molar-refractivity contribution >= 4 is 22.7 Å². The van der Waals surface area contributed by atoms with Crippen LogP contribution < -0.4 is 0 Å². The van der Waals surface area contributed by atoms with Crippen molar-refractivity contribution in [3.8, 4) is 0 Å². The standard InChI is InChI=1S/C14H30O2Si2/c1-7-18(8-2,16-14(3)10-11-15)13-9-12-17(4,5)6/h9,11,13-14H,7-8,10,12H2,1-6H3/b13-9+. The quantitative estimate of drug-likeness (QED) is 0.464. The molecule has 0 rings (SSSR count). The second kappa shape index (κ2) is 8.07. The highest BCUT2D eigenvalue weighted by atomic mass is 28.4. The Kier molecular flexibility index (Phi) is 7.98. The Labute approximate surface area is 115 Å². The molecular weight excluding hydrogens is 256 g/mol. The first kappa shape index (κ1) is 17.8. The lowest BCUT2D eigenvalue weighted by Crippen LogP contribution is -2.38. The number of allylic oxidation sites excluding steroid dienone is 1. The Bertz CT molecular complexity index is 265. The summed E-state index contributed by atoms with van der Waals surface area (Å²) in [5.74, 6) is 0. The summed E-state index contributed by atoms with van der Waals surface area (Å²) in [7, 11) is -2.77. The van der Waals surface area contributed by atoms with Gasteiger partial charge in [0.2, 0.25) is 8.32 Å². The molecule has 0 spiro atoms. The average molecular weight is 287 g/mol. The van der Waals surface area contributed by atoms with Crippen molar-refractivity contribution in [1.29, 1.82) is 0 Å². The van der Waals surface area contributed by atoms with E-state index in [1.807, 2.05) is 6.92 Å². The third-order valence-corrected chi connectivity index (χ3v) is 8.78. The lowest BCUT2D eigenvalue weighted by molar-refractivity contribution is -0.109. The van der Waals surface area contributed by atoms with Crippen molar-refractivity contribution in [3.63, 3.8) is 0 Å². The van der Waals surface area contributed by atoms with Crippen LogP contribution in [-0.4, -0.2) is 28.8 Å². The van der Waals surface area contributed by atoms with E-state index in [0.717, 1.165) is 18.4 Å². The van der Waals surface area contributed by atoms with E-state index in [0.29, 0.717) is 6.42 Å². The summed E-state index contributed by atoms with van der Waals surface area (Å²) in [6, 6.07) is 3.40. The summed E-state index contributed by atoms with van der Waals surface area (Å²) in [5, 5.41) is 0. The Balaban J connectivity index is 4.65. The molecule has 1 atom stereocenters. The largest absolute Gasteiger partial charge is 0.410 e. The third-order valence-electron chi connectivity index (χ3n) is 3.21. The molecule has 18 heavy (non-hydrogen) atoms. The molecule has 0 aromatic heterocycles. The van der Waals surface area contributed by atoms with Gasteiger partial charge in [-0.1, -0.05) is 45.3 Å². The third kappa shape index (κ3) is 7.29. The first-order valence-electron chi connectivity index (χ1n) is 7.07. The maximum atomic E-state index is 10.5. The van der Waals surface area contributed by atoms with E-state index in [-0.39, 0.29) is 6.10 Å². The number of hydrogen-bond donors (Lipinski definition) is 0. The van der Waals surface area contributed by atoms with Gasteiger partial charge in [0.1, 0.15) is 6.29 Å². The molecule has 0 saturated carbocycles. The van der Waals surface area contributed by atoms with Crippen LogP contribution in [-0.2, 0) is 9.22 Å². The number of rotatable bonds is 9. The molecule has 0 aromatic rings. The monoisotopic (exact) mass is 286 g/mol. The van der Waals surface area contributed by atoms with Crippen LogP contribution in [0.4, 0.5) is 0 Å². The second-order valence-electron chi connectivity index (χ2n) is 6.27. The van der Waals surface area contributed by atoms with E-state index >= 15 is 0 Å². The van der Waals surface area contributed by atoms with E-state index in [9.17, 15) is 4.79 Å². The van der Waals surface area contributed by atoms with Gasteiger partial charge in [0.05, 0.1) is 0 Å². The highest BCUT2D eigenvalue weighted by molar-refractivity contribution is 6.79. The normalized spacial score (nSPS) is 15.0.